The van der Waals surface area contributed by atoms with Gasteiger partial charge in [-0.25, -0.2) is 12.7 Å². The Hall–Kier alpha value is -2.56. The molecule has 0 radical (unpaired) electrons. The van der Waals surface area contributed by atoms with Crippen molar-refractivity contribution >= 4 is 27.3 Å². The number of hydrogen-bond acceptors (Lipinski definition) is 7. The van der Waals surface area contributed by atoms with E-state index in [4.69, 9.17) is 4.52 Å². The zero-order chi connectivity index (χ0) is 19.9. The molecule has 1 saturated heterocycles. The second kappa shape index (κ2) is 7.12. The fraction of sp³-hybridized carbons (Fsp3) is 0.278. The summed E-state index contributed by atoms with van der Waals surface area (Å²) in [7, 11) is -0.574. The van der Waals surface area contributed by atoms with Crippen LogP contribution in [-0.2, 0) is 10.0 Å². The number of likely N-dealkylation sites (tertiary alicyclic amines) is 1. The van der Waals surface area contributed by atoms with Gasteiger partial charge in [0.15, 0.2) is 0 Å². The molecule has 0 N–H and O–H groups in total. The molecule has 1 aliphatic heterocycles. The number of amides is 1. The van der Waals surface area contributed by atoms with Gasteiger partial charge >= 0.3 is 0 Å². The summed E-state index contributed by atoms with van der Waals surface area (Å²) >= 11 is 1.54. The van der Waals surface area contributed by atoms with Crippen molar-refractivity contribution in [3.05, 3.63) is 53.2 Å². The van der Waals surface area contributed by atoms with Gasteiger partial charge in [0.1, 0.15) is 0 Å². The van der Waals surface area contributed by atoms with Gasteiger partial charge in [-0.1, -0.05) is 11.2 Å². The average molecular weight is 419 g/mol. The number of nitrogens with zero attached hydrogens (tertiary/aromatic N) is 4. The smallest absolute Gasteiger partial charge is 0.253 e. The van der Waals surface area contributed by atoms with Crippen LogP contribution in [0, 0.1) is 0 Å². The van der Waals surface area contributed by atoms with Crippen molar-refractivity contribution < 1.29 is 17.7 Å². The van der Waals surface area contributed by atoms with Crippen LogP contribution in [0.15, 0.2) is 51.2 Å². The number of benzene rings is 1. The summed E-state index contributed by atoms with van der Waals surface area (Å²) in [6, 6.07) is 9.82. The normalized spacial score (nSPS) is 15.0. The van der Waals surface area contributed by atoms with Gasteiger partial charge in [0, 0.05) is 32.7 Å². The number of aromatic nitrogens is 2. The van der Waals surface area contributed by atoms with Gasteiger partial charge in [0.2, 0.25) is 21.7 Å². The molecular formula is C18H18N4O4S2. The highest BCUT2D eigenvalue weighted by atomic mass is 32.2. The standard InChI is InChI=1S/C18H18N4O4S2/c1-21(2)28(24,25)14-7-5-12(6-8-14)18(23)22-10-13(11-22)17-19-16(20-26-17)15-4-3-9-27-15/h3-9,13H,10-11H2,1-2H3. The van der Waals surface area contributed by atoms with E-state index < -0.39 is 10.0 Å². The average Bonchev–Trinajstić information content (AvgIpc) is 3.32. The number of carbonyl (C=O) groups is 1. The molecule has 1 aromatic carbocycles. The van der Waals surface area contributed by atoms with E-state index in [0.717, 1.165) is 9.18 Å². The Balaban J connectivity index is 1.40. The quantitative estimate of drug-likeness (QED) is 0.631. The van der Waals surface area contributed by atoms with Gasteiger partial charge in [-0.3, -0.25) is 4.79 Å². The van der Waals surface area contributed by atoms with Crippen LogP contribution in [0.2, 0.25) is 0 Å². The minimum absolute atomic E-state index is 0.0126. The highest BCUT2D eigenvalue weighted by molar-refractivity contribution is 7.89. The third-order valence-electron chi connectivity index (χ3n) is 4.58. The van der Waals surface area contributed by atoms with Crippen molar-refractivity contribution in [1.29, 1.82) is 0 Å². The Morgan fingerprint density at radius 2 is 1.93 bits per heavy atom. The molecule has 0 bridgehead atoms. The van der Waals surface area contributed by atoms with Crippen LogP contribution >= 0.6 is 11.3 Å². The van der Waals surface area contributed by atoms with Gasteiger partial charge < -0.3 is 9.42 Å². The van der Waals surface area contributed by atoms with Crippen LogP contribution in [0.25, 0.3) is 10.7 Å². The lowest BCUT2D eigenvalue weighted by Crippen LogP contribution is -2.48. The van der Waals surface area contributed by atoms with Crippen molar-refractivity contribution in [3.63, 3.8) is 0 Å². The van der Waals surface area contributed by atoms with Crippen LogP contribution in [0.3, 0.4) is 0 Å². The number of thiophene rings is 1. The molecule has 3 heterocycles. The molecule has 1 amide bonds. The van der Waals surface area contributed by atoms with Gasteiger partial charge in [-0.15, -0.1) is 11.3 Å². The molecule has 2 aromatic heterocycles. The van der Waals surface area contributed by atoms with Crippen molar-refractivity contribution in [2.45, 2.75) is 10.8 Å². The first-order chi connectivity index (χ1) is 13.4. The Kier molecular flexibility index (Phi) is 4.77. The summed E-state index contributed by atoms with van der Waals surface area (Å²) in [6.07, 6.45) is 0. The highest BCUT2D eigenvalue weighted by Gasteiger charge is 2.36. The molecule has 146 valence electrons. The first kappa shape index (κ1) is 18.8. The van der Waals surface area contributed by atoms with E-state index in [0.29, 0.717) is 30.4 Å². The zero-order valence-corrected chi connectivity index (χ0v) is 16.9. The molecule has 1 fully saturated rings. The van der Waals surface area contributed by atoms with Crippen LogP contribution in [0.5, 0.6) is 0 Å². The lowest BCUT2D eigenvalue weighted by molar-refractivity contribution is 0.0569. The summed E-state index contributed by atoms with van der Waals surface area (Å²) in [5.74, 6) is 0.953. The van der Waals surface area contributed by atoms with Gasteiger partial charge in [-0.05, 0) is 35.7 Å². The molecule has 0 atom stereocenters. The van der Waals surface area contributed by atoms with E-state index in [-0.39, 0.29) is 16.7 Å². The predicted molar refractivity (Wildman–Crippen MR) is 104 cm³/mol. The summed E-state index contributed by atoms with van der Waals surface area (Å²) in [4.78, 5) is 19.8. The van der Waals surface area contributed by atoms with Crippen molar-refractivity contribution in [1.82, 2.24) is 19.3 Å². The Morgan fingerprint density at radius 3 is 2.54 bits per heavy atom. The minimum atomic E-state index is -3.51. The minimum Gasteiger partial charge on any atom is -0.339 e. The zero-order valence-electron chi connectivity index (χ0n) is 15.3. The monoisotopic (exact) mass is 418 g/mol. The molecular weight excluding hydrogens is 400 g/mol. The van der Waals surface area contributed by atoms with Crippen LogP contribution in [0.4, 0.5) is 0 Å². The van der Waals surface area contributed by atoms with E-state index in [9.17, 15) is 13.2 Å². The lowest BCUT2D eigenvalue weighted by Gasteiger charge is -2.37. The second-order valence-electron chi connectivity index (χ2n) is 6.65. The van der Waals surface area contributed by atoms with E-state index in [2.05, 4.69) is 10.1 Å². The summed E-state index contributed by atoms with van der Waals surface area (Å²) in [5.41, 5.74) is 0.445. The number of hydrogen-bond donors (Lipinski definition) is 0. The maximum absolute atomic E-state index is 12.6. The van der Waals surface area contributed by atoms with Crippen LogP contribution < -0.4 is 0 Å². The predicted octanol–water partition coefficient (Wildman–Crippen LogP) is 2.29. The Labute approximate surface area is 166 Å². The molecule has 4 rings (SSSR count). The highest BCUT2D eigenvalue weighted by Crippen LogP contribution is 2.30. The SMILES string of the molecule is CN(C)S(=O)(=O)c1ccc(C(=O)N2CC(c3nc(-c4cccs4)no3)C2)cc1. The summed E-state index contributed by atoms with van der Waals surface area (Å²) in [6.45, 7) is 0.977. The van der Waals surface area contributed by atoms with E-state index in [1.807, 2.05) is 17.5 Å². The van der Waals surface area contributed by atoms with E-state index >= 15 is 0 Å². The van der Waals surface area contributed by atoms with Gasteiger partial charge in [0.25, 0.3) is 5.91 Å². The summed E-state index contributed by atoms with van der Waals surface area (Å²) in [5, 5.41) is 5.95. The maximum atomic E-state index is 12.6. The first-order valence-electron chi connectivity index (χ1n) is 8.55. The van der Waals surface area contributed by atoms with Crippen LogP contribution in [0.1, 0.15) is 22.2 Å². The Morgan fingerprint density at radius 1 is 1.21 bits per heavy atom. The number of carbonyl (C=O) groups excluding carboxylic acids is 1. The largest absolute Gasteiger partial charge is 0.339 e. The molecule has 0 spiro atoms. The number of rotatable bonds is 5. The molecule has 1 aliphatic rings. The first-order valence-corrected chi connectivity index (χ1v) is 10.9. The van der Waals surface area contributed by atoms with Crippen molar-refractivity contribution in [2.75, 3.05) is 27.2 Å². The fourth-order valence-corrected chi connectivity index (χ4v) is 4.42. The number of sulfonamides is 1. The van der Waals surface area contributed by atoms with Gasteiger partial charge in [-0.2, -0.15) is 4.98 Å². The summed E-state index contributed by atoms with van der Waals surface area (Å²) < 4.78 is 30.7. The van der Waals surface area contributed by atoms with Crippen molar-refractivity contribution in [3.8, 4) is 10.7 Å². The third kappa shape index (κ3) is 3.34. The third-order valence-corrected chi connectivity index (χ3v) is 7.28. The second-order valence-corrected chi connectivity index (χ2v) is 9.75. The van der Waals surface area contributed by atoms with E-state index in [1.54, 1.807) is 4.90 Å². The molecule has 0 aliphatic carbocycles. The molecule has 0 saturated carbocycles. The Bertz CT molecular complexity index is 1080. The topological polar surface area (TPSA) is 96.6 Å². The van der Waals surface area contributed by atoms with Gasteiger partial charge in [0.05, 0.1) is 15.7 Å². The molecule has 28 heavy (non-hydrogen) atoms. The molecule has 0 unspecified atom stereocenters. The van der Waals surface area contributed by atoms with Crippen molar-refractivity contribution in [2.24, 2.45) is 0 Å². The molecule has 10 heteroatoms. The lowest BCUT2D eigenvalue weighted by atomic mass is 9.99. The van der Waals surface area contributed by atoms with Crippen LogP contribution in [-0.4, -0.2) is 60.9 Å². The molecule has 8 nitrogen and oxygen atoms in total. The maximum Gasteiger partial charge on any atom is 0.253 e. The fourth-order valence-electron chi connectivity index (χ4n) is 2.87. The molecule has 3 aromatic rings. The van der Waals surface area contributed by atoms with E-state index in [1.165, 1.54) is 49.7 Å².